The first kappa shape index (κ1) is 15.6. The summed E-state index contributed by atoms with van der Waals surface area (Å²) in [5.74, 6) is -0.967. The van der Waals surface area contributed by atoms with Crippen LogP contribution in [0.4, 0.5) is 4.79 Å². The van der Waals surface area contributed by atoms with Crippen molar-refractivity contribution in [2.24, 2.45) is 0 Å². The van der Waals surface area contributed by atoms with Crippen molar-refractivity contribution in [2.45, 2.75) is 38.3 Å². The average Bonchev–Trinajstić information content (AvgIpc) is 2.82. The maximum Gasteiger partial charge on any atom is 0.329 e. The van der Waals surface area contributed by atoms with Gasteiger partial charge in [-0.25, -0.2) is 9.59 Å². The molecule has 2 amide bonds. The molecule has 1 aliphatic heterocycles. The monoisotopic (exact) mass is 310 g/mol. The number of carboxylic acid groups (broad SMARTS) is 1. The molecule has 2 atom stereocenters. The topological polar surface area (TPSA) is 69.6 Å². The molecular weight excluding hydrogens is 292 g/mol. The standard InChI is InChI=1S/C15H19ClN2O3/c1-10(11-5-3-6-12(16)9-11)17-14(21)18-8-4-7-15(18,2)13(19)20/h3,5-6,9-10H,4,7-8H2,1-2H3,(H,17,21)(H,19,20). The first-order valence-electron chi connectivity index (χ1n) is 6.91. The summed E-state index contributed by atoms with van der Waals surface area (Å²) in [6, 6.07) is 6.64. The molecule has 21 heavy (non-hydrogen) atoms. The van der Waals surface area contributed by atoms with E-state index in [1.54, 1.807) is 19.1 Å². The SMILES string of the molecule is CC(NC(=O)N1CCCC1(C)C(=O)O)c1cccc(Cl)c1. The zero-order valence-electron chi connectivity index (χ0n) is 12.1. The van der Waals surface area contributed by atoms with E-state index in [1.807, 2.05) is 19.1 Å². The summed E-state index contributed by atoms with van der Waals surface area (Å²) in [6.45, 7) is 3.89. The summed E-state index contributed by atoms with van der Waals surface area (Å²) in [5.41, 5.74) is -0.245. The van der Waals surface area contributed by atoms with Gasteiger partial charge >= 0.3 is 12.0 Å². The second-order valence-electron chi connectivity index (χ2n) is 5.56. The molecule has 0 aromatic heterocycles. The van der Waals surface area contributed by atoms with Crippen LogP contribution >= 0.6 is 11.6 Å². The molecular formula is C15H19ClN2O3. The lowest BCUT2D eigenvalue weighted by Gasteiger charge is -2.32. The van der Waals surface area contributed by atoms with Crippen LogP contribution in [0, 0.1) is 0 Å². The Labute approximate surface area is 128 Å². The molecule has 0 radical (unpaired) electrons. The van der Waals surface area contributed by atoms with Crippen LogP contribution in [-0.2, 0) is 4.79 Å². The number of aliphatic carboxylic acids is 1. The average molecular weight is 311 g/mol. The van der Waals surface area contributed by atoms with E-state index in [2.05, 4.69) is 5.32 Å². The van der Waals surface area contributed by atoms with Crippen molar-refractivity contribution in [3.63, 3.8) is 0 Å². The van der Waals surface area contributed by atoms with Gasteiger partial charge in [0, 0.05) is 11.6 Å². The molecule has 0 saturated carbocycles. The number of hydrogen-bond acceptors (Lipinski definition) is 2. The number of carbonyl (C=O) groups excluding carboxylic acids is 1. The third kappa shape index (κ3) is 3.13. The lowest BCUT2D eigenvalue weighted by atomic mass is 9.99. The number of amides is 2. The normalized spacial score (nSPS) is 22.9. The number of hydrogen-bond donors (Lipinski definition) is 2. The van der Waals surface area contributed by atoms with E-state index in [0.29, 0.717) is 24.4 Å². The Morgan fingerprint density at radius 3 is 2.81 bits per heavy atom. The fourth-order valence-electron chi connectivity index (χ4n) is 2.63. The predicted octanol–water partition coefficient (Wildman–Crippen LogP) is 3.05. The van der Waals surface area contributed by atoms with Gasteiger partial charge < -0.3 is 15.3 Å². The highest BCUT2D eigenvalue weighted by atomic mass is 35.5. The van der Waals surface area contributed by atoms with Crippen LogP contribution in [0.1, 0.15) is 38.3 Å². The number of urea groups is 1. The first-order valence-corrected chi connectivity index (χ1v) is 7.29. The smallest absolute Gasteiger partial charge is 0.329 e. The van der Waals surface area contributed by atoms with Crippen molar-refractivity contribution in [2.75, 3.05) is 6.54 Å². The maximum absolute atomic E-state index is 12.4. The number of carbonyl (C=O) groups is 2. The third-order valence-electron chi connectivity index (χ3n) is 4.04. The first-order chi connectivity index (χ1) is 9.84. The van der Waals surface area contributed by atoms with Gasteiger partial charge in [-0.15, -0.1) is 0 Å². The zero-order chi connectivity index (χ0) is 15.6. The fraction of sp³-hybridized carbons (Fsp3) is 0.467. The van der Waals surface area contributed by atoms with E-state index in [-0.39, 0.29) is 12.1 Å². The van der Waals surface area contributed by atoms with Crippen LogP contribution in [0.25, 0.3) is 0 Å². The van der Waals surface area contributed by atoms with Gasteiger partial charge in [-0.3, -0.25) is 0 Å². The van der Waals surface area contributed by atoms with E-state index in [9.17, 15) is 14.7 Å². The van der Waals surface area contributed by atoms with Crippen molar-refractivity contribution in [1.82, 2.24) is 10.2 Å². The van der Waals surface area contributed by atoms with Crippen LogP contribution in [0.3, 0.4) is 0 Å². The molecule has 1 fully saturated rings. The summed E-state index contributed by atoms with van der Waals surface area (Å²) >= 11 is 5.94. The summed E-state index contributed by atoms with van der Waals surface area (Å²) < 4.78 is 0. The second kappa shape index (κ2) is 5.93. The zero-order valence-corrected chi connectivity index (χ0v) is 12.9. The van der Waals surface area contributed by atoms with E-state index < -0.39 is 11.5 Å². The van der Waals surface area contributed by atoms with E-state index in [1.165, 1.54) is 4.90 Å². The Bertz CT molecular complexity index is 564. The Kier molecular flexibility index (Phi) is 4.42. The molecule has 0 spiro atoms. The number of halogens is 1. The highest BCUT2D eigenvalue weighted by Crippen LogP contribution is 2.29. The van der Waals surface area contributed by atoms with Gasteiger partial charge in [0.2, 0.25) is 0 Å². The van der Waals surface area contributed by atoms with E-state index in [0.717, 1.165) is 5.56 Å². The van der Waals surface area contributed by atoms with Crippen LogP contribution in [0.15, 0.2) is 24.3 Å². The maximum atomic E-state index is 12.4. The van der Waals surface area contributed by atoms with E-state index >= 15 is 0 Å². The molecule has 1 aromatic rings. The van der Waals surface area contributed by atoms with Gasteiger partial charge in [-0.05, 0) is 44.4 Å². The summed E-state index contributed by atoms with van der Waals surface area (Å²) in [5, 5.41) is 12.8. The highest BCUT2D eigenvalue weighted by molar-refractivity contribution is 6.30. The van der Waals surface area contributed by atoms with Crippen molar-refractivity contribution in [3.8, 4) is 0 Å². The molecule has 114 valence electrons. The Hall–Kier alpha value is -1.75. The largest absolute Gasteiger partial charge is 0.480 e. The molecule has 0 aliphatic carbocycles. The van der Waals surface area contributed by atoms with Crippen LogP contribution in [0.2, 0.25) is 5.02 Å². The molecule has 0 bridgehead atoms. The van der Waals surface area contributed by atoms with Crippen molar-refractivity contribution in [3.05, 3.63) is 34.9 Å². The molecule has 1 heterocycles. The molecule has 2 N–H and O–H groups in total. The van der Waals surface area contributed by atoms with Gasteiger partial charge in [0.05, 0.1) is 6.04 Å². The Morgan fingerprint density at radius 1 is 1.48 bits per heavy atom. The lowest BCUT2D eigenvalue weighted by Crippen LogP contribution is -2.54. The number of nitrogens with zero attached hydrogens (tertiary/aromatic N) is 1. The summed E-state index contributed by atoms with van der Waals surface area (Å²) in [7, 11) is 0. The molecule has 2 rings (SSSR count). The number of carboxylic acids is 1. The fourth-order valence-corrected chi connectivity index (χ4v) is 2.83. The molecule has 1 aliphatic rings. The van der Waals surface area contributed by atoms with Crippen LogP contribution < -0.4 is 5.32 Å². The minimum atomic E-state index is -1.13. The minimum absolute atomic E-state index is 0.241. The van der Waals surface area contributed by atoms with Gasteiger partial charge in [-0.1, -0.05) is 23.7 Å². The second-order valence-corrected chi connectivity index (χ2v) is 6.00. The number of nitrogens with one attached hydrogen (secondary N) is 1. The van der Waals surface area contributed by atoms with Crippen LogP contribution in [0.5, 0.6) is 0 Å². The van der Waals surface area contributed by atoms with Gasteiger partial charge in [0.1, 0.15) is 5.54 Å². The number of likely N-dealkylation sites (tertiary alicyclic amines) is 1. The minimum Gasteiger partial charge on any atom is -0.480 e. The van der Waals surface area contributed by atoms with Gasteiger partial charge in [0.25, 0.3) is 0 Å². The van der Waals surface area contributed by atoms with Gasteiger partial charge in [-0.2, -0.15) is 0 Å². The third-order valence-corrected chi connectivity index (χ3v) is 4.27. The van der Waals surface area contributed by atoms with Crippen molar-refractivity contribution < 1.29 is 14.7 Å². The Balaban J connectivity index is 2.09. The lowest BCUT2D eigenvalue weighted by molar-refractivity contribution is -0.147. The van der Waals surface area contributed by atoms with Crippen LogP contribution in [-0.4, -0.2) is 34.1 Å². The predicted molar refractivity (Wildman–Crippen MR) is 80.4 cm³/mol. The quantitative estimate of drug-likeness (QED) is 0.901. The van der Waals surface area contributed by atoms with Gasteiger partial charge in [0.15, 0.2) is 0 Å². The molecule has 5 nitrogen and oxygen atoms in total. The van der Waals surface area contributed by atoms with E-state index in [4.69, 9.17) is 11.6 Å². The summed E-state index contributed by atoms with van der Waals surface area (Å²) in [6.07, 6.45) is 1.17. The number of benzene rings is 1. The molecule has 6 heteroatoms. The molecule has 1 aromatic carbocycles. The Morgan fingerprint density at radius 2 is 2.19 bits per heavy atom. The molecule has 2 unspecified atom stereocenters. The van der Waals surface area contributed by atoms with Crippen molar-refractivity contribution >= 4 is 23.6 Å². The summed E-state index contributed by atoms with van der Waals surface area (Å²) in [4.78, 5) is 25.2. The van der Waals surface area contributed by atoms with Crippen molar-refractivity contribution in [1.29, 1.82) is 0 Å². The highest BCUT2D eigenvalue weighted by Gasteiger charge is 2.46. The number of rotatable bonds is 3. The molecule has 1 saturated heterocycles.